The minimum absolute atomic E-state index is 0.208. The Kier molecular flexibility index (Phi) is 14.7. The van der Waals surface area contributed by atoms with Gasteiger partial charge in [0, 0.05) is 0 Å². The van der Waals surface area contributed by atoms with Gasteiger partial charge in [-0.1, -0.05) is 62.6 Å². The van der Waals surface area contributed by atoms with Crippen LogP contribution in [0, 0.1) is 0 Å². The Balaban J connectivity index is 3.23. The Morgan fingerprint density at radius 2 is 1.30 bits per heavy atom. The fourth-order valence-corrected chi connectivity index (χ4v) is 1.89. The van der Waals surface area contributed by atoms with E-state index in [4.69, 9.17) is 0 Å². The molecule has 0 rings (SSSR count). The van der Waals surface area contributed by atoms with Gasteiger partial charge in [0.1, 0.15) is 0 Å². The summed E-state index contributed by atoms with van der Waals surface area (Å²) in [7, 11) is 0. The molecular formula is C18H29O2. The topological polar surface area (TPSA) is 37.0 Å². The number of hydrogen-bond donors (Lipinski definition) is 0. The smallest absolute Gasteiger partial charge is 0.247 e. The van der Waals surface area contributed by atoms with Crippen molar-refractivity contribution in [3.05, 3.63) is 36.5 Å². The van der Waals surface area contributed by atoms with Crippen LogP contribution < -0.4 is 0 Å². The van der Waals surface area contributed by atoms with E-state index in [-0.39, 0.29) is 6.42 Å². The minimum atomic E-state index is -0.925. The molecule has 0 saturated carbocycles. The molecule has 2 heteroatoms. The van der Waals surface area contributed by atoms with E-state index in [9.17, 15) is 9.90 Å². The largest absolute Gasteiger partial charge is 0.355 e. The predicted octanol–water partition coefficient (Wildman–Crippen LogP) is 5.53. The first-order chi connectivity index (χ1) is 9.77. The van der Waals surface area contributed by atoms with E-state index in [1.807, 2.05) is 0 Å². The third kappa shape index (κ3) is 16.7. The van der Waals surface area contributed by atoms with Gasteiger partial charge in [-0.05, 0) is 38.5 Å². The van der Waals surface area contributed by atoms with Gasteiger partial charge in [-0.3, -0.25) is 0 Å². The summed E-state index contributed by atoms with van der Waals surface area (Å²) in [6, 6.07) is 0. The molecule has 20 heavy (non-hydrogen) atoms. The summed E-state index contributed by atoms with van der Waals surface area (Å²) in [5.41, 5.74) is 0. The molecule has 0 aliphatic carbocycles. The van der Waals surface area contributed by atoms with Gasteiger partial charge in [-0.2, -0.15) is 0 Å². The monoisotopic (exact) mass is 277 g/mol. The summed E-state index contributed by atoms with van der Waals surface area (Å²) >= 11 is 0. The molecule has 0 bridgehead atoms. The summed E-state index contributed by atoms with van der Waals surface area (Å²) < 4.78 is 0. The number of unbranched alkanes of at least 4 members (excludes halogenated alkanes) is 5. The summed E-state index contributed by atoms with van der Waals surface area (Å²) in [6.07, 6.45) is 23.0. The van der Waals surface area contributed by atoms with E-state index < -0.39 is 5.97 Å². The van der Waals surface area contributed by atoms with Gasteiger partial charge in [0.05, 0.1) is 6.42 Å². The van der Waals surface area contributed by atoms with Crippen molar-refractivity contribution in [3.8, 4) is 0 Å². The lowest BCUT2D eigenvalue weighted by atomic mass is 10.1. The molecule has 0 aromatic carbocycles. The Morgan fingerprint density at radius 3 is 1.95 bits per heavy atom. The van der Waals surface area contributed by atoms with Crippen molar-refractivity contribution in [1.29, 1.82) is 0 Å². The highest BCUT2D eigenvalue weighted by molar-refractivity contribution is 5.66. The van der Waals surface area contributed by atoms with Crippen LogP contribution >= 0.6 is 0 Å². The first-order valence-electron chi connectivity index (χ1n) is 7.92. The second-order valence-electron chi connectivity index (χ2n) is 4.97. The molecule has 0 spiro atoms. The fraction of sp³-hybridized carbons (Fsp3) is 0.611. The van der Waals surface area contributed by atoms with Crippen molar-refractivity contribution in [2.75, 3.05) is 0 Å². The van der Waals surface area contributed by atoms with Crippen molar-refractivity contribution in [2.24, 2.45) is 0 Å². The number of carbonyl (C=O) groups is 1. The molecule has 113 valence electrons. The van der Waals surface area contributed by atoms with Gasteiger partial charge in [-0.15, -0.1) is 0 Å². The van der Waals surface area contributed by atoms with E-state index in [2.05, 4.69) is 43.4 Å². The molecule has 0 amide bonds. The van der Waals surface area contributed by atoms with Crippen LogP contribution in [0.15, 0.2) is 36.5 Å². The normalized spacial score (nSPS) is 12.1. The molecule has 0 N–H and O–H groups in total. The molecule has 0 unspecified atom stereocenters. The lowest BCUT2D eigenvalue weighted by molar-refractivity contribution is -0.143. The lowest BCUT2D eigenvalue weighted by Gasteiger charge is -1.97. The standard InChI is InChI=1S/C18H29O2/c1-2-3-4-5-6-7-8-9-10-11-12-13-14-15-16-17-18(19)20/h3-4,6-7,9-10H,2,5,8,11-17H2,1H3/b4-3-,7-6-,10-9-. The zero-order chi connectivity index (χ0) is 14.9. The Labute approximate surface area is 124 Å². The molecule has 0 aliphatic heterocycles. The van der Waals surface area contributed by atoms with Gasteiger partial charge in [0.2, 0.25) is 0 Å². The van der Waals surface area contributed by atoms with Crippen LogP contribution in [0.3, 0.4) is 0 Å². The van der Waals surface area contributed by atoms with Crippen molar-refractivity contribution < 1.29 is 9.90 Å². The average Bonchev–Trinajstić information content (AvgIpc) is 2.43. The van der Waals surface area contributed by atoms with Gasteiger partial charge >= 0.3 is 5.97 Å². The Morgan fingerprint density at radius 1 is 0.750 bits per heavy atom. The van der Waals surface area contributed by atoms with Gasteiger partial charge in [-0.25, -0.2) is 9.90 Å². The molecule has 0 fully saturated rings. The Hall–Kier alpha value is -1.31. The molecule has 2 nitrogen and oxygen atoms in total. The Bertz CT molecular complexity index is 301. The summed E-state index contributed by atoms with van der Waals surface area (Å²) in [6.45, 7) is 2.15. The van der Waals surface area contributed by atoms with Crippen molar-refractivity contribution >= 4 is 5.97 Å². The maximum absolute atomic E-state index is 10.2. The number of hydrogen-bond acceptors (Lipinski definition) is 1. The average molecular weight is 277 g/mol. The van der Waals surface area contributed by atoms with Crippen LogP contribution in [0.2, 0.25) is 0 Å². The zero-order valence-corrected chi connectivity index (χ0v) is 12.9. The minimum Gasteiger partial charge on any atom is -0.247 e. The summed E-state index contributed by atoms with van der Waals surface area (Å²) in [4.78, 5) is 10.2. The van der Waals surface area contributed by atoms with Crippen LogP contribution in [-0.2, 0) is 9.90 Å². The molecule has 1 radical (unpaired) electrons. The van der Waals surface area contributed by atoms with Crippen molar-refractivity contribution in [1.82, 2.24) is 0 Å². The SMILES string of the molecule is CC/C=C\C/C=C\C/C=C\CCCCCCCC([O])=O. The third-order valence-corrected chi connectivity index (χ3v) is 3.03. The van der Waals surface area contributed by atoms with Crippen LogP contribution in [0.5, 0.6) is 0 Å². The molecule has 0 atom stereocenters. The van der Waals surface area contributed by atoms with Crippen molar-refractivity contribution in [3.63, 3.8) is 0 Å². The highest BCUT2D eigenvalue weighted by Crippen LogP contribution is 2.07. The molecule has 0 saturated heterocycles. The van der Waals surface area contributed by atoms with Gasteiger partial charge in [0.25, 0.3) is 0 Å². The number of carbonyl (C=O) groups excluding carboxylic acids is 1. The second-order valence-corrected chi connectivity index (χ2v) is 4.97. The molecule has 0 heterocycles. The van der Waals surface area contributed by atoms with E-state index >= 15 is 0 Å². The highest BCUT2D eigenvalue weighted by atomic mass is 16.4. The lowest BCUT2D eigenvalue weighted by Crippen LogP contribution is -1.91. The molecule has 0 aromatic heterocycles. The second kappa shape index (κ2) is 15.7. The first-order valence-corrected chi connectivity index (χ1v) is 7.92. The van der Waals surface area contributed by atoms with E-state index in [1.54, 1.807) is 0 Å². The quantitative estimate of drug-likeness (QED) is 0.322. The number of allylic oxidation sites excluding steroid dienone is 6. The highest BCUT2D eigenvalue weighted by Gasteiger charge is 1.97. The first kappa shape index (κ1) is 18.7. The van der Waals surface area contributed by atoms with E-state index in [0.29, 0.717) is 0 Å². The van der Waals surface area contributed by atoms with Crippen LogP contribution in [0.4, 0.5) is 0 Å². The van der Waals surface area contributed by atoms with Gasteiger partial charge < -0.3 is 0 Å². The van der Waals surface area contributed by atoms with Gasteiger partial charge in [0.15, 0.2) is 0 Å². The molecule has 0 aliphatic rings. The summed E-state index contributed by atoms with van der Waals surface area (Å²) in [5, 5.41) is 10.2. The maximum Gasteiger partial charge on any atom is 0.355 e. The number of rotatable bonds is 13. The van der Waals surface area contributed by atoms with Crippen LogP contribution in [0.1, 0.15) is 71.1 Å². The van der Waals surface area contributed by atoms with E-state index in [1.165, 1.54) is 12.8 Å². The van der Waals surface area contributed by atoms with E-state index in [0.717, 1.165) is 44.9 Å². The summed E-state index contributed by atoms with van der Waals surface area (Å²) in [5.74, 6) is -0.925. The third-order valence-electron chi connectivity index (χ3n) is 3.03. The van der Waals surface area contributed by atoms with Crippen LogP contribution in [-0.4, -0.2) is 5.97 Å². The molecule has 0 aromatic rings. The van der Waals surface area contributed by atoms with Crippen molar-refractivity contribution in [2.45, 2.75) is 71.1 Å². The molecular weight excluding hydrogens is 248 g/mol. The maximum atomic E-state index is 10.2. The zero-order valence-electron chi connectivity index (χ0n) is 12.9. The van der Waals surface area contributed by atoms with Crippen LogP contribution in [0.25, 0.3) is 0 Å². The fourth-order valence-electron chi connectivity index (χ4n) is 1.89. The predicted molar refractivity (Wildman–Crippen MR) is 85.0 cm³/mol.